The first-order valence-corrected chi connectivity index (χ1v) is 9.69. The average Bonchev–Trinajstić information content (AvgIpc) is 3.39. The van der Waals surface area contributed by atoms with E-state index in [2.05, 4.69) is 31.7 Å². The van der Waals surface area contributed by atoms with Crippen molar-refractivity contribution in [3.05, 3.63) is 29.3 Å². The van der Waals surface area contributed by atoms with Crippen molar-refractivity contribution in [2.45, 2.75) is 64.3 Å². The lowest BCUT2D eigenvalue weighted by molar-refractivity contribution is 0.0276. The van der Waals surface area contributed by atoms with Crippen molar-refractivity contribution in [1.29, 1.82) is 0 Å². The molecule has 0 amide bonds. The average molecular weight is 332 g/mol. The fourth-order valence-corrected chi connectivity index (χ4v) is 4.85. The number of hydrogen-bond donors (Lipinski definition) is 2. The van der Waals surface area contributed by atoms with Gasteiger partial charge in [-0.2, -0.15) is 0 Å². The maximum absolute atomic E-state index is 10.1. The van der Waals surface area contributed by atoms with Crippen molar-refractivity contribution >= 4 is 0 Å². The predicted octanol–water partition coefficient (Wildman–Crippen LogP) is 3.72. The van der Waals surface area contributed by atoms with Gasteiger partial charge in [0.2, 0.25) is 0 Å². The highest BCUT2D eigenvalue weighted by Gasteiger charge is 2.46. The van der Waals surface area contributed by atoms with Crippen molar-refractivity contribution in [3.63, 3.8) is 0 Å². The Morgan fingerprint density at radius 3 is 2.62 bits per heavy atom. The zero-order chi connectivity index (χ0) is 17.3. The van der Waals surface area contributed by atoms with Crippen molar-refractivity contribution in [1.82, 2.24) is 4.90 Å². The second kappa shape index (κ2) is 7.05. The Morgan fingerprint density at radius 1 is 1.25 bits per heavy atom. The number of benzene rings is 1. The van der Waals surface area contributed by atoms with Gasteiger partial charge in [0.05, 0.1) is 0 Å². The number of rotatable bonds is 6. The summed E-state index contributed by atoms with van der Waals surface area (Å²) in [6, 6.07) is 6.34. The largest absolute Gasteiger partial charge is 0.508 e. The quantitative estimate of drug-likeness (QED) is 0.835. The van der Waals surface area contributed by atoms with Crippen LogP contribution in [-0.2, 0) is 11.8 Å². The van der Waals surface area contributed by atoms with Crippen molar-refractivity contribution in [3.8, 4) is 5.75 Å². The van der Waals surface area contributed by atoms with Crippen LogP contribution in [0, 0.1) is 11.8 Å². The minimum absolute atomic E-state index is 0.0295. The summed E-state index contributed by atoms with van der Waals surface area (Å²) in [5.41, 5.74) is 2.55. The molecule has 0 aromatic heterocycles. The highest BCUT2D eigenvalue weighted by Crippen LogP contribution is 2.48. The predicted molar refractivity (Wildman–Crippen MR) is 98.4 cm³/mol. The number of hydrogen-bond acceptors (Lipinski definition) is 3. The third-order valence-electron chi connectivity index (χ3n) is 6.77. The summed E-state index contributed by atoms with van der Waals surface area (Å²) in [5, 5.41) is 19.9. The van der Waals surface area contributed by atoms with Gasteiger partial charge in [0.1, 0.15) is 5.75 Å². The van der Waals surface area contributed by atoms with E-state index in [-0.39, 0.29) is 12.0 Å². The van der Waals surface area contributed by atoms with E-state index in [4.69, 9.17) is 0 Å². The molecule has 0 spiro atoms. The number of phenolic OH excluding ortho intramolecular Hbond substituents is 1. The standard InChI is InChI=1S/C21H33NO2/c1-4-18-7-8-19(24)13-20(18)21(10-12-23)9-11-22(14-17-5-6-17)16(3)15(21)2/h7-8,13,15-17,23-24H,4-6,9-12,14H2,1-3H3. The Bertz CT molecular complexity index is 569. The van der Waals surface area contributed by atoms with E-state index < -0.39 is 0 Å². The maximum Gasteiger partial charge on any atom is 0.115 e. The third-order valence-corrected chi connectivity index (χ3v) is 6.77. The van der Waals surface area contributed by atoms with Gasteiger partial charge in [-0.3, -0.25) is 0 Å². The maximum atomic E-state index is 10.1. The lowest BCUT2D eigenvalue weighted by Crippen LogP contribution is -2.55. The van der Waals surface area contributed by atoms with Gasteiger partial charge in [-0.15, -0.1) is 0 Å². The molecule has 1 aliphatic heterocycles. The van der Waals surface area contributed by atoms with Crippen molar-refractivity contribution in [2.75, 3.05) is 19.7 Å². The minimum atomic E-state index is -0.0295. The lowest BCUT2D eigenvalue weighted by Gasteiger charge is -2.52. The zero-order valence-electron chi connectivity index (χ0n) is 15.5. The number of nitrogens with zero attached hydrogens (tertiary/aromatic N) is 1. The lowest BCUT2D eigenvalue weighted by atomic mass is 9.61. The molecule has 1 aliphatic carbocycles. The van der Waals surface area contributed by atoms with Crippen LogP contribution in [0.3, 0.4) is 0 Å². The molecule has 3 rings (SSSR count). The molecule has 1 aromatic carbocycles. The summed E-state index contributed by atoms with van der Waals surface area (Å²) in [6.07, 6.45) is 5.61. The van der Waals surface area contributed by atoms with Gasteiger partial charge >= 0.3 is 0 Å². The highest BCUT2D eigenvalue weighted by atomic mass is 16.3. The van der Waals surface area contributed by atoms with E-state index in [0.717, 1.165) is 31.7 Å². The highest BCUT2D eigenvalue weighted by molar-refractivity contribution is 5.41. The van der Waals surface area contributed by atoms with E-state index in [9.17, 15) is 10.2 Å². The molecule has 3 nitrogen and oxygen atoms in total. The molecule has 24 heavy (non-hydrogen) atoms. The summed E-state index contributed by atoms with van der Waals surface area (Å²) >= 11 is 0. The number of aryl methyl sites for hydroxylation is 1. The molecular weight excluding hydrogens is 298 g/mol. The van der Waals surface area contributed by atoms with Crippen molar-refractivity contribution in [2.24, 2.45) is 11.8 Å². The summed E-state index contributed by atoms with van der Waals surface area (Å²) < 4.78 is 0. The van der Waals surface area contributed by atoms with E-state index >= 15 is 0 Å². The molecule has 3 atom stereocenters. The van der Waals surface area contributed by atoms with Crippen LogP contribution in [0.4, 0.5) is 0 Å². The molecule has 3 heteroatoms. The van der Waals surface area contributed by atoms with Gasteiger partial charge in [0, 0.05) is 24.6 Å². The Labute approximate surface area is 146 Å². The minimum Gasteiger partial charge on any atom is -0.508 e. The van der Waals surface area contributed by atoms with Crippen LogP contribution in [0.2, 0.25) is 0 Å². The van der Waals surface area contributed by atoms with E-state index in [1.807, 2.05) is 6.07 Å². The summed E-state index contributed by atoms with van der Waals surface area (Å²) in [5.74, 6) is 1.72. The Balaban J connectivity index is 1.95. The van der Waals surface area contributed by atoms with Crippen LogP contribution < -0.4 is 0 Å². The molecule has 0 bridgehead atoms. The van der Waals surface area contributed by atoms with Crippen LogP contribution >= 0.6 is 0 Å². The van der Waals surface area contributed by atoms with Gasteiger partial charge in [-0.05, 0) is 80.7 Å². The molecular formula is C21H33NO2. The topological polar surface area (TPSA) is 43.7 Å². The molecule has 1 saturated heterocycles. The van der Waals surface area contributed by atoms with Crippen LogP contribution in [0.15, 0.2) is 18.2 Å². The number of aliphatic hydroxyl groups excluding tert-OH is 1. The SMILES string of the molecule is CCc1ccc(O)cc1C1(CCO)CCN(CC2CC2)C(C)C1C. The Kier molecular flexibility index (Phi) is 5.22. The zero-order valence-corrected chi connectivity index (χ0v) is 15.5. The van der Waals surface area contributed by atoms with E-state index in [1.165, 1.54) is 30.5 Å². The smallest absolute Gasteiger partial charge is 0.115 e. The van der Waals surface area contributed by atoms with Crippen LogP contribution in [-0.4, -0.2) is 40.9 Å². The molecule has 0 radical (unpaired) electrons. The number of piperidine rings is 1. The molecule has 3 unspecified atom stereocenters. The fourth-order valence-electron chi connectivity index (χ4n) is 4.85. The molecule has 1 saturated carbocycles. The fraction of sp³-hybridized carbons (Fsp3) is 0.714. The van der Waals surface area contributed by atoms with E-state index in [1.54, 1.807) is 6.07 Å². The summed E-state index contributed by atoms with van der Waals surface area (Å²) in [7, 11) is 0. The molecule has 134 valence electrons. The van der Waals surface area contributed by atoms with Crippen LogP contribution in [0.25, 0.3) is 0 Å². The van der Waals surface area contributed by atoms with Gasteiger partial charge in [0.25, 0.3) is 0 Å². The second-order valence-corrected chi connectivity index (χ2v) is 8.04. The first-order chi connectivity index (χ1) is 11.5. The second-order valence-electron chi connectivity index (χ2n) is 8.04. The van der Waals surface area contributed by atoms with Crippen LogP contribution in [0.1, 0.15) is 57.6 Å². The van der Waals surface area contributed by atoms with Gasteiger partial charge in [0.15, 0.2) is 0 Å². The Morgan fingerprint density at radius 2 is 2.00 bits per heavy atom. The summed E-state index contributed by atoms with van der Waals surface area (Å²) in [6.45, 7) is 9.43. The molecule has 2 fully saturated rings. The normalized spacial score (nSPS) is 31.3. The number of aromatic hydroxyl groups is 1. The number of likely N-dealkylation sites (tertiary alicyclic amines) is 1. The van der Waals surface area contributed by atoms with E-state index in [0.29, 0.717) is 17.7 Å². The third kappa shape index (κ3) is 3.21. The van der Waals surface area contributed by atoms with Gasteiger partial charge < -0.3 is 15.1 Å². The summed E-state index contributed by atoms with van der Waals surface area (Å²) in [4.78, 5) is 2.66. The van der Waals surface area contributed by atoms with Gasteiger partial charge in [-0.1, -0.05) is 19.9 Å². The number of phenols is 1. The number of aliphatic hydroxyl groups is 1. The molecule has 1 heterocycles. The molecule has 1 aromatic rings. The molecule has 2 N–H and O–H groups in total. The first kappa shape index (κ1) is 17.8. The van der Waals surface area contributed by atoms with Gasteiger partial charge in [-0.25, -0.2) is 0 Å². The van der Waals surface area contributed by atoms with Crippen molar-refractivity contribution < 1.29 is 10.2 Å². The van der Waals surface area contributed by atoms with Crippen LogP contribution in [0.5, 0.6) is 5.75 Å². The first-order valence-electron chi connectivity index (χ1n) is 9.69. The molecule has 2 aliphatic rings. The monoisotopic (exact) mass is 331 g/mol. The Hall–Kier alpha value is -1.06.